The van der Waals surface area contributed by atoms with Crippen LogP contribution >= 0.6 is 0 Å². The molecule has 2 N–H and O–H groups in total. The van der Waals surface area contributed by atoms with Gasteiger partial charge in [-0.25, -0.2) is 0 Å². The minimum absolute atomic E-state index is 0.0579. The molecule has 29 heavy (non-hydrogen) atoms. The number of hydrogen-bond donors (Lipinski definition) is 2. The van der Waals surface area contributed by atoms with Gasteiger partial charge in [0.2, 0.25) is 5.91 Å². The van der Waals surface area contributed by atoms with E-state index in [1.165, 1.54) is 32.1 Å². The number of hydrogen-bond acceptors (Lipinski definition) is 3. The van der Waals surface area contributed by atoms with Crippen LogP contribution in [0.5, 0.6) is 5.75 Å². The SMILES string of the molecule is CCCCCCCCCC(=O)Nc1cc(C(=O)Nc2ccccc2)ccc1OC. The number of carbonyl (C=O) groups excluding carboxylic acids is 2. The van der Waals surface area contributed by atoms with Crippen LogP contribution < -0.4 is 15.4 Å². The number of anilines is 2. The zero-order valence-corrected chi connectivity index (χ0v) is 17.5. The average molecular weight is 397 g/mol. The van der Waals surface area contributed by atoms with E-state index in [0.29, 0.717) is 23.4 Å². The molecule has 2 aromatic carbocycles. The molecule has 0 aliphatic carbocycles. The lowest BCUT2D eigenvalue weighted by Crippen LogP contribution is -2.15. The van der Waals surface area contributed by atoms with E-state index in [2.05, 4.69) is 17.6 Å². The maximum absolute atomic E-state index is 12.5. The van der Waals surface area contributed by atoms with Crippen molar-refractivity contribution in [3.05, 3.63) is 54.1 Å². The molecule has 0 atom stereocenters. The fraction of sp³-hybridized carbons (Fsp3) is 0.417. The number of carbonyl (C=O) groups is 2. The first-order valence-corrected chi connectivity index (χ1v) is 10.5. The van der Waals surface area contributed by atoms with Crippen molar-refractivity contribution in [1.82, 2.24) is 0 Å². The van der Waals surface area contributed by atoms with Gasteiger partial charge in [-0.1, -0.05) is 63.6 Å². The molecule has 0 bridgehead atoms. The van der Waals surface area contributed by atoms with E-state index in [-0.39, 0.29) is 11.8 Å². The minimum atomic E-state index is -0.235. The van der Waals surface area contributed by atoms with Gasteiger partial charge in [-0.05, 0) is 36.8 Å². The summed E-state index contributed by atoms with van der Waals surface area (Å²) in [6.07, 6.45) is 8.62. The zero-order valence-electron chi connectivity index (χ0n) is 17.5. The normalized spacial score (nSPS) is 10.4. The van der Waals surface area contributed by atoms with E-state index in [4.69, 9.17) is 4.74 Å². The summed E-state index contributed by atoms with van der Waals surface area (Å²) in [5, 5.41) is 5.73. The molecule has 0 spiro atoms. The Morgan fingerprint density at radius 2 is 1.55 bits per heavy atom. The molecule has 0 aliphatic rings. The van der Waals surface area contributed by atoms with Crippen LogP contribution in [0.3, 0.4) is 0 Å². The average Bonchev–Trinajstić information content (AvgIpc) is 2.73. The molecule has 0 aromatic heterocycles. The summed E-state index contributed by atoms with van der Waals surface area (Å²) in [4.78, 5) is 24.8. The van der Waals surface area contributed by atoms with Gasteiger partial charge in [-0.2, -0.15) is 0 Å². The number of rotatable bonds is 12. The quantitative estimate of drug-likeness (QED) is 0.431. The molecule has 0 fully saturated rings. The number of unbranched alkanes of at least 4 members (excludes halogenated alkanes) is 6. The van der Waals surface area contributed by atoms with Crippen molar-refractivity contribution >= 4 is 23.2 Å². The molecule has 2 amide bonds. The summed E-state index contributed by atoms with van der Waals surface area (Å²) in [5.41, 5.74) is 1.69. The lowest BCUT2D eigenvalue weighted by molar-refractivity contribution is -0.116. The third-order valence-electron chi connectivity index (χ3n) is 4.77. The van der Waals surface area contributed by atoms with Crippen LogP contribution in [0, 0.1) is 0 Å². The molecule has 156 valence electrons. The maximum atomic E-state index is 12.5. The minimum Gasteiger partial charge on any atom is -0.495 e. The van der Waals surface area contributed by atoms with E-state index in [0.717, 1.165) is 18.5 Å². The number of para-hydroxylation sites is 1. The van der Waals surface area contributed by atoms with Gasteiger partial charge in [0.1, 0.15) is 5.75 Å². The smallest absolute Gasteiger partial charge is 0.255 e. The molecule has 5 nitrogen and oxygen atoms in total. The van der Waals surface area contributed by atoms with Crippen molar-refractivity contribution in [2.45, 2.75) is 58.3 Å². The van der Waals surface area contributed by atoms with Gasteiger partial charge in [0.05, 0.1) is 12.8 Å². The molecule has 2 aromatic rings. The molecule has 0 unspecified atom stereocenters. The Morgan fingerprint density at radius 1 is 0.862 bits per heavy atom. The first-order valence-electron chi connectivity index (χ1n) is 10.5. The number of amides is 2. The second kappa shape index (κ2) is 12.6. The summed E-state index contributed by atoms with van der Waals surface area (Å²) in [6.45, 7) is 2.21. The Morgan fingerprint density at radius 3 is 2.24 bits per heavy atom. The van der Waals surface area contributed by atoms with E-state index in [1.54, 1.807) is 25.3 Å². The summed E-state index contributed by atoms with van der Waals surface area (Å²) < 4.78 is 5.33. The van der Waals surface area contributed by atoms with Crippen molar-refractivity contribution in [3.8, 4) is 5.75 Å². The highest BCUT2D eigenvalue weighted by molar-refractivity contribution is 6.05. The van der Waals surface area contributed by atoms with E-state index < -0.39 is 0 Å². The van der Waals surface area contributed by atoms with Crippen molar-refractivity contribution in [3.63, 3.8) is 0 Å². The lowest BCUT2D eigenvalue weighted by atomic mass is 10.1. The highest BCUT2D eigenvalue weighted by atomic mass is 16.5. The standard InChI is InChI=1S/C24H32N2O3/c1-3-4-5-6-7-8-12-15-23(27)26-21-18-19(16-17-22(21)29-2)24(28)25-20-13-10-9-11-14-20/h9-11,13-14,16-18H,3-8,12,15H2,1-2H3,(H,25,28)(H,26,27). The monoisotopic (exact) mass is 396 g/mol. The second-order valence-corrected chi connectivity index (χ2v) is 7.15. The first kappa shape index (κ1) is 22.5. The molecule has 0 aliphatic heterocycles. The van der Waals surface area contributed by atoms with Crippen LogP contribution in [0.2, 0.25) is 0 Å². The molecule has 5 heteroatoms. The maximum Gasteiger partial charge on any atom is 0.255 e. The number of methoxy groups -OCH3 is 1. The van der Waals surface area contributed by atoms with Crippen LogP contribution in [-0.2, 0) is 4.79 Å². The highest BCUT2D eigenvalue weighted by Crippen LogP contribution is 2.26. The predicted octanol–water partition coefficient (Wildman–Crippen LogP) is 6.03. The second-order valence-electron chi connectivity index (χ2n) is 7.15. The summed E-state index contributed by atoms with van der Waals surface area (Å²) in [5.74, 6) is 0.244. The van der Waals surface area contributed by atoms with Gasteiger partial charge < -0.3 is 15.4 Å². The fourth-order valence-electron chi connectivity index (χ4n) is 3.13. The first-order chi connectivity index (χ1) is 14.1. The van der Waals surface area contributed by atoms with Crippen molar-refractivity contribution < 1.29 is 14.3 Å². The van der Waals surface area contributed by atoms with E-state index >= 15 is 0 Å². The van der Waals surface area contributed by atoms with Crippen molar-refractivity contribution in [1.29, 1.82) is 0 Å². The molecule has 0 radical (unpaired) electrons. The third kappa shape index (κ3) is 7.98. The Kier molecular flexibility index (Phi) is 9.76. The number of benzene rings is 2. The largest absolute Gasteiger partial charge is 0.495 e. The zero-order chi connectivity index (χ0) is 20.9. The van der Waals surface area contributed by atoms with Gasteiger partial charge in [-0.15, -0.1) is 0 Å². The van der Waals surface area contributed by atoms with Crippen LogP contribution in [0.1, 0.15) is 68.6 Å². The molecular weight excluding hydrogens is 364 g/mol. The summed E-state index contributed by atoms with van der Waals surface area (Å²) >= 11 is 0. The van der Waals surface area contributed by atoms with Crippen LogP contribution in [0.4, 0.5) is 11.4 Å². The topological polar surface area (TPSA) is 67.4 Å². The molecule has 2 rings (SSSR count). The van der Waals surface area contributed by atoms with Crippen LogP contribution in [0.25, 0.3) is 0 Å². The summed E-state index contributed by atoms with van der Waals surface area (Å²) in [7, 11) is 1.55. The Hall–Kier alpha value is -2.82. The van der Waals surface area contributed by atoms with E-state index in [9.17, 15) is 9.59 Å². The van der Waals surface area contributed by atoms with Crippen molar-refractivity contribution in [2.24, 2.45) is 0 Å². The Balaban J connectivity index is 1.89. The fourth-order valence-corrected chi connectivity index (χ4v) is 3.13. The molecule has 0 saturated heterocycles. The highest BCUT2D eigenvalue weighted by Gasteiger charge is 2.13. The lowest BCUT2D eigenvalue weighted by Gasteiger charge is -2.12. The van der Waals surface area contributed by atoms with Gasteiger partial charge in [0.15, 0.2) is 0 Å². The van der Waals surface area contributed by atoms with Crippen molar-refractivity contribution in [2.75, 3.05) is 17.7 Å². The van der Waals surface area contributed by atoms with Gasteiger partial charge in [0.25, 0.3) is 5.91 Å². The molecular formula is C24H32N2O3. The Bertz CT molecular complexity index is 775. The van der Waals surface area contributed by atoms with Gasteiger partial charge in [-0.3, -0.25) is 9.59 Å². The third-order valence-corrected chi connectivity index (χ3v) is 4.77. The number of nitrogens with one attached hydrogen (secondary N) is 2. The molecule has 0 saturated carbocycles. The summed E-state index contributed by atoms with van der Waals surface area (Å²) in [6, 6.07) is 14.3. The molecule has 0 heterocycles. The van der Waals surface area contributed by atoms with Gasteiger partial charge >= 0.3 is 0 Å². The van der Waals surface area contributed by atoms with E-state index in [1.807, 2.05) is 30.3 Å². The van der Waals surface area contributed by atoms with Gasteiger partial charge in [0, 0.05) is 17.7 Å². The Labute approximate surface area is 173 Å². The number of ether oxygens (including phenoxy) is 1. The van der Waals surface area contributed by atoms with Crippen LogP contribution in [-0.4, -0.2) is 18.9 Å². The van der Waals surface area contributed by atoms with Crippen LogP contribution in [0.15, 0.2) is 48.5 Å². The predicted molar refractivity (Wildman–Crippen MR) is 119 cm³/mol.